The second-order valence-electron chi connectivity index (χ2n) is 4.88. The molecule has 2 heterocycles. The van der Waals surface area contributed by atoms with Gasteiger partial charge < -0.3 is 14.8 Å². The Balaban J connectivity index is 2.10. The highest BCUT2D eigenvalue weighted by Crippen LogP contribution is 2.29. The van der Waals surface area contributed by atoms with Crippen molar-refractivity contribution in [2.24, 2.45) is 7.05 Å². The zero-order valence-electron chi connectivity index (χ0n) is 10.5. The lowest BCUT2D eigenvalue weighted by atomic mass is 10.1. The third kappa shape index (κ3) is 1.71. The summed E-state index contributed by atoms with van der Waals surface area (Å²) in [7, 11) is 2.10. The van der Waals surface area contributed by atoms with E-state index in [2.05, 4.69) is 59.2 Å². The first-order chi connectivity index (χ1) is 8.27. The predicted molar refractivity (Wildman–Crippen MR) is 72.6 cm³/mol. The number of aromatic nitrogens is 1. The summed E-state index contributed by atoms with van der Waals surface area (Å²) in [6.45, 7) is 5.53. The van der Waals surface area contributed by atoms with E-state index >= 15 is 0 Å². The molecule has 3 heteroatoms. The number of piperazine rings is 1. The van der Waals surface area contributed by atoms with Gasteiger partial charge in [0.05, 0.1) is 0 Å². The molecule has 2 aromatic rings. The molecule has 3 nitrogen and oxygen atoms in total. The zero-order valence-corrected chi connectivity index (χ0v) is 10.5. The largest absolute Gasteiger partial charge is 0.366 e. The number of nitrogens with one attached hydrogen (secondary N) is 1. The van der Waals surface area contributed by atoms with Gasteiger partial charge in [0.15, 0.2) is 0 Å². The normalized spacial score (nSPS) is 21.1. The van der Waals surface area contributed by atoms with Crippen LogP contribution in [-0.4, -0.2) is 30.2 Å². The summed E-state index contributed by atoms with van der Waals surface area (Å²) >= 11 is 0. The van der Waals surface area contributed by atoms with Crippen LogP contribution in [0.15, 0.2) is 30.5 Å². The van der Waals surface area contributed by atoms with E-state index in [0.29, 0.717) is 6.04 Å². The second-order valence-corrected chi connectivity index (χ2v) is 4.88. The molecule has 0 spiro atoms. The molecule has 3 rings (SSSR count). The van der Waals surface area contributed by atoms with Gasteiger partial charge in [0.2, 0.25) is 0 Å². The van der Waals surface area contributed by atoms with Gasteiger partial charge in [0.1, 0.15) is 0 Å². The lowest BCUT2D eigenvalue weighted by Crippen LogP contribution is -2.49. The Hall–Kier alpha value is -1.48. The van der Waals surface area contributed by atoms with Crippen molar-refractivity contribution in [1.29, 1.82) is 0 Å². The molecule has 1 N–H and O–H groups in total. The fourth-order valence-electron chi connectivity index (χ4n) is 2.74. The van der Waals surface area contributed by atoms with Gasteiger partial charge in [-0.25, -0.2) is 0 Å². The topological polar surface area (TPSA) is 20.2 Å². The number of hydrogen-bond acceptors (Lipinski definition) is 2. The summed E-state index contributed by atoms with van der Waals surface area (Å²) in [5.41, 5.74) is 2.69. The maximum absolute atomic E-state index is 3.44. The Kier molecular flexibility index (Phi) is 2.56. The summed E-state index contributed by atoms with van der Waals surface area (Å²) < 4.78 is 2.19. The molecule has 1 aliphatic rings. The Morgan fingerprint density at radius 3 is 3.00 bits per heavy atom. The quantitative estimate of drug-likeness (QED) is 0.807. The van der Waals surface area contributed by atoms with Crippen LogP contribution in [0.3, 0.4) is 0 Å². The van der Waals surface area contributed by atoms with E-state index in [1.165, 1.54) is 16.6 Å². The van der Waals surface area contributed by atoms with E-state index in [1.807, 2.05) is 0 Å². The van der Waals surface area contributed by atoms with Gasteiger partial charge in [-0.05, 0) is 25.1 Å². The van der Waals surface area contributed by atoms with Gasteiger partial charge in [-0.2, -0.15) is 0 Å². The third-order valence-electron chi connectivity index (χ3n) is 3.72. The van der Waals surface area contributed by atoms with Crippen molar-refractivity contribution in [3.05, 3.63) is 30.5 Å². The molecule has 1 saturated heterocycles. The molecule has 1 atom stereocenters. The van der Waals surface area contributed by atoms with Crippen molar-refractivity contribution in [3.8, 4) is 0 Å². The molecule has 17 heavy (non-hydrogen) atoms. The first kappa shape index (κ1) is 10.7. The number of hydrogen-bond donors (Lipinski definition) is 1. The van der Waals surface area contributed by atoms with E-state index in [1.54, 1.807) is 0 Å². The van der Waals surface area contributed by atoms with Crippen LogP contribution in [0.25, 0.3) is 10.9 Å². The van der Waals surface area contributed by atoms with Crippen molar-refractivity contribution in [2.45, 2.75) is 13.0 Å². The highest BCUT2D eigenvalue weighted by atomic mass is 15.2. The maximum atomic E-state index is 3.44. The molecule has 1 aliphatic heterocycles. The van der Waals surface area contributed by atoms with Crippen LogP contribution < -0.4 is 10.2 Å². The fourth-order valence-corrected chi connectivity index (χ4v) is 2.74. The van der Waals surface area contributed by atoms with E-state index in [9.17, 15) is 0 Å². The summed E-state index contributed by atoms with van der Waals surface area (Å²) in [6, 6.07) is 9.37. The predicted octanol–water partition coefficient (Wildman–Crippen LogP) is 1.98. The molecular weight excluding hydrogens is 210 g/mol. The molecule has 1 aromatic heterocycles. The van der Waals surface area contributed by atoms with Crippen molar-refractivity contribution in [2.75, 3.05) is 24.5 Å². The van der Waals surface area contributed by atoms with Crippen molar-refractivity contribution in [3.63, 3.8) is 0 Å². The van der Waals surface area contributed by atoms with Gasteiger partial charge >= 0.3 is 0 Å². The van der Waals surface area contributed by atoms with E-state index in [0.717, 1.165) is 19.6 Å². The van der Waals surface area contributed by atoms with Crippen molar-refractivity contribution < 1.29 is 0 Å². The van der Waals surface area contributed by atoms with Crippen molar-refractivity contribution >= 4 is 16.6 Å². The van der Waals surface area contributed by atoms with Gasteiger partial charge in [-0.1, -0.05) is 6.07 Å². The molecule has 0 radical (unpaired) electrons. The van der Waals surface area contributed by atoms with E-state index < -0.39 is 0 Å². The molecule has 0 saturated carbocycles. The average Bonchev–Trinajstić information content (AvgIpc) is 2.72. The number of benzene rings is 1. The number of aryl methyl sites for hydroxylation is 1. The minimum Gasteiger partial charge on any atom is -0.366 e. The van der Waals surface area contributed by atoms with Crippen LogP contribution in [0.4, 0.5) is 5.69 Å². The van der Waals surface area contributed by atoms with Crippen molar-refractivity contribution in [1.82, 2.24) is 9.88 Å². The number of rotatable bonds is 1. The minimum atomic E-state index is 0.564. The van der Waals surface area contributed by atoms with Crippen LogP contribution in [0.1, 0.15) is 6.92 Å². The summed E-state index contributed by atoms with van der Waals surface area (Å²) in [5, 5.41) is 4.81. The average molecular weight is 229 g/mol. The summed E-state index contributed by atoms with van der Waals surface area (Å²) in [6.07, 6.45) is 2.14. The second kappa shape index (κ2) is 4.08. The molecule has 0 aliphatic carbocycles. The van der Waals surface area contributed by atoms with Crippen LogP contribution in [-0.2, 0) is 7.05 Å². The monoisotopic (exact) mass is 229 g/mol. The molecule has 1 fully saturated rings. The Morgan fingerprint density at radius 1 is 1.29 bits per heavy atom. The Bertz CT molecular complexity index is 529. The number of fused-ring (bicyclic) bond motifs is 1. The lowest BCUT2D eigenvalue weighted by Gasteiger charge is -2.36. The third-order valence-corrected chi connectivity index (χ3v) is 3.72. The van der Waals surface area contributed by atoms with Gasteiger partial charge in [0, 0.05) is 55.5 Å². The van der Waals surface area contributed by atoms with Crippen LogP contribution in [0, 0.1) is 0 Å². The van der Waals surface area contributed by atoms with Gasteiger partial charge in [0.25, 0.3) is 0 Å². The fraction of sp³-hybridized carbons (Fsp3) is 0.429. The SMILES string of the molecule is C[C@H]1CNCCN1c1cccc2c1ccn2C. The van der Waals surface area contributed by atoms with Gasteiger partial charge in [-0.3, -0.25) is 0 Å². The van der Waals surface area contributed by atoms with Crippen LogP contribution in [0.2, 0.25) is 0 Å². The smallest absolute Gasteiger partial charge is 0.0498 e. The Morgan fingerprint density at radius 2 is 2.18 bits per heavy atom. The molecule has 0 bridgehead atoms. The van der Waals surface area contributed by atoms with Crippen LogP contribution in [0.5, 0.6) is 0 Å². The molecule has 0 amide bonds. The highest BCUT2D eigenvalue weighted by Gasteiger charge is 2.20. The number of anilines is 1. The number of nitrogens with zero attached hydrogens (tertiary/aromatic N) is 2. The van der Waals surface area contributed by atoms with Crippen LogP contribution >= 0.6 is 0 Å². The van der Waals surface area contributed by atoms with Gasteiger partial charge in [-0.15, -0.1) is 0 Å². The molecule has 90 valence electrons. The first-order valence-electron chi connectivity index (χ1n) is 6.29. The lowest BCUT2D eigenvalue weighted by molar-refractivity contribution is 0.502. The van der Waals surface area contributed by atoms with E-state index in [-0.39, 0.29) is 0 Å². The Labute approximate surface area is 102 Å². The standard InChI is InChI=1S/C14H19N3/c1-11-10-15-7-9-17(11)14-5-3-4-13-12(14)6-8-16(13)2/h3-6,8,11,15H,7,9-10H2,1-2H3/t11-/m0/s1. The summed E-state index contributed by atoms with van der Waals surface area (Å²) in [4.78, 5) is 2.51. The minimum absolute atomic E-state index is 0.564. The molecule has 0 unspecified atom stereocenters. The molecular formula is C14H19N3. The van der Waals surface area contributed by atoms with E-state index in [4.69, 9.17) is 0 Å². The summed E-state index contributed by atoms with van der Waals surface area (Å²) in [5.74, 6) is 0. The highest BCUT2D eigenvalue weighted by molar-refractivity contribution is 5.93. The molecule has 1 aromatic carbocycles. The zero-order chi connectivity index (χ0) is 11.8. The first-order valence-corrected chi connectivity index (χ1v) is 6.29. The maximum Gasteiger partial charge on any atom is 0.0498 e.